The van der Waals surface area contributed by atoms with E-state index in [1.807, 2.05) is 38.4 Å². The smallest absolute Gasteiger partial charge is 0.266 e. The lowest BCUT2D eigenvalue weighted by Crippen LogP contribution is -2.15. The molecule has 144 valence electrons. The Hall–Kier alpha value is -2.70. The maximum atomic E-state index is 14.9. The number of hydrogen-bond donors (Lipinski definition) is 3. The number of aryl methyl sites for hydroxylation is 1. The summed E-state index contributed by atoms with van der Waals surface area (Å²) in [6.45, 7) is 4.47. The summed E-state index contributed by atoms with van der Waals surface area (Å²) >= 11 is 1.35. The number of phenols is 1. The van der Waals surface area contributed by atoms with Gasteiger partial charge in [0.2, 0.25) is 0 Å². The second-order valence-corrected chi connectivity index (χ2v) is 8.07. The van der Waals surface area contributed by atoms with Crippen LogP contribution in [0, 0.1) is 12.7 Å². The zero-order valence-electron chi connectivity index (χ0n) is 15.9. The maximum Gasteiger partial charge on any atom is 0.266 e. The zero-order chi connectivity index (χ0) is 20.0. The third kappa shape index (κ3) is 2.89. The van der Waals surface area contributed by atoms with Crippen LogP contribution in [0.2, 0.25) is 0 Å². The molecule has 4 rings (SSSR count). The SMILES string of the molecule is CNC[C@H](C)c1ccc(-c2c(O)cc(C)c3[nH]c(=O)c4sccc4c23)cc1F. The number of likely N-dealkylation sites (N-methyl/N-ethyl adjacent to an activating group) is 1. The van der Waals surface area contributed by atoms with E-state index in [0.717, 1.165) is 16.3 Å². The third-order valence-electron chi connectivity index (χ3n) is 5.21. The standard InChI is InChI=1S/C22H21FN2O2S/c1-11-8-17(26)18(13-4-5-14(16(23)9-13)12(2)10-24-3)19-15-6-7-28-21(15)22(27)25-20(11)19/h4-9,12,24,26H,10H2,1-3H3,(H,25,27)/t12-/m0/s1. The van der Waals surface area contributed by atoms with E-state index >= 15 is 0 Å². The highest BCUT2D eigenvalue weighted by molar-refractivity contribution is 7.17. The van der Waals surface area contributed by atoms with Gasteiger partial charge < -0.3 is 15.4 Å². The molecule has 0 aliphatic heterocycles. The number of H-pyrrole nitrogens is 1. The number of aromatic hydroxyl groups is 1. The number of hydrogen-bond acceptors (Lipinski definition) is 4. The largest absolute Gasteiger partial charge is 0.507 e. The van der Waals surface area contributed by atoms with Gasteiger partial charge in [0.1, 0.15) is 16.3 Å². The van der Waals surface area contributed by atoms with Crippen molar-refractivity contribution >= 4 is 32.3 Å². The molecule has 2 aromatic heterocycles. The van der Waals surface area contributed by atoms with Crippen LogP contribution in [-0.2, 0) is 0 Å². The minimum atomic E-state index is -0.306. The van der Waals surface area contributed by atoms with Gasteiger partial charge in [0.15, 0.2) is 0 Å². The second-order valence-electron chi connectivity index (χ2n) is 7.15. The molecule has 0 aliphatic rings. The highest BCUT2D eigenvalue weighted by Crippen LogP contribution is 2.41. The van der Waals surface area contributed by atoms with E-state index in [1.54, 1.807) is 12.1 Å². The van der Waals surface area contributed by atoms with Crippen molar-refractivity contribution in [3.63, 3.8) is 0 Å². The highest BCUT2D eigenvalue weighted by Gasteiger charge is 2.19. The first-order valence-corrected chi connectivity index (χ1v) is 10.0. The molecule has 4 nitrogen and oxygen atoms in total. The van der Waals surface area contributed by atoms with Crippen molar-refractivity contribution in [3.05, 3.63) is 63.0 Å². The van der Waals surface area contributed by atoms with Crippen molar-refractivity contribution in [1.82, 2.24) is 10.3 Å². The number of aromatic amines is 1. The Kier molecular flexibility index (Phi) is 4.69. The number of thiophene rings is 1. The van der Waals surface area contributed by atoms with Gasteiger partial charge in [-0.15, -0.1) is 11.3 Å². The van der Waals surface area contributed by atoms with Gasteiger partial charge >= 0.3 is 0 Å². The van der Waals surface area contributed by atoms with Crippen molar-refractivity contribution in [1.29, 1.82) is 0 Å². The summed E-state index contributed by atoms with van der Waals surface area (Å²) in [4.78, 5) is 15.3. The molecule has 0 radical (unpaired) electrons. The van der Waals surface area contributed by atoms with Gasteiger partial charge in [0.25, 0.3) is 5.56 Å². The molecule has 0 saturated heterocycles. The molecule has 3 N–H and O–H groups in total. The normalized spacial score (nSPS) is 12.7. The average molecular weight is 396 g/mol. The lowest BCUT2D eigenvalue weighted by Gasteiger charge is -2.16. The monoisotopic (exact) mass is 396 g/mol. The molecule has 0 fully saturated rings. The number of fused-ring (bicyclic) bond motifs is 3. The van der Waals surface area contributed by atoms with Gasteiger partial charge in [-0.3, -0.25) is 4.79 Å². The van der Waals surface area contributed by atoms with Gasteiger partial charge in [0.05, 0.1) is 5.52 Å². The molecule has 4 aromatic rings. The summed E-state index contributed by atoms with van der Waals surface area (Å²) in [6, 6.07) is 8.56. The Morgan fingerprint density at radius 3 is 2.79 bits per heavy atom. The molecule has 6 heteroatoms. The van der Waals surface area contributed by atoms with Gasteiger partial charge in [-0.1, -0.05) is 19.1 Å². The molecule has 2 heterocycles. The quantitative estimate of drug-likeness (QED) is 0.460. The fraction of sp³-hybridized carbons (Fsp3) is 0.227. The first-order chi connectivity index (χ1) is 13.4. The van der Waals surface area contributed by atoms with Crippen molar-refractivity contribution in [2.75, 3.05) is 13.6 Å². The van der Waals surface area contributed by atoms with E-state index in [-0.39, 0.29) is 23.0 Å². The molecular formula is C22H21FN2O2S. The topological polar surface area (TPSA) is 65.1 Å². The summed E-state index contributed by atoms with van der Waals surface area (Å²) in [5, 5.41) is 17.2. The number of rotatable bonds is 4. The van der Waals surface area contributed by atoms with E-state index < -0.39 is 0 Å². The summed E-state index contributed by atoms with van der Waals surface area (Å²) in [6.07, 6.45) is 0. The summed E-state index contributed by atoms with van der Waals surface area (Å²) < 4.78 is 15.5. The molecule has 0 saturated carbocycles. The Morgan fingerprint density at radius 1 is 1.29 bits per heavy atom. The van der Waals surface area contributed by atoms with E-state index in [9.17, 15) is 14.3 Å². The minimum Gasteiger partial charge on any atom is -0.507 e. The summed E-state index contributed by atoms with van der Waals surface area (Å²) in [7, 11) is 1.84. The number of benzene rings is 2. The summed E-state index contributed by atoms with van der Waals surface area (Å²) in [5.41, 5.74) is 3.02. The first-order valence-electron chi connectivity index (χ1n) is 9.12. The molecule has 1 atom stereocenters. The average Bonchev–Trinajstić information content (AvgIpc) is 3.13. The fourth-order valence-corrected chi connectivity index (χ4v) is 4.67. The Bertz CT molecular complexity index is 1260. The van der Waals surface area contributed by atoms with E-state index in [2.05, 4.69) is 10.3 Å². The summed E-state index contributed by atoms with van der Waals surface area (Å²) in [5.74, 6) is -0.207. The van der Waals surface area contributed by atoms with Gasteiger partial charge in [-0.2, -0.15) is 0 Å². The third-order valence-corrected chi connectivity index (χ3v) is 6.13. The zero-order valence-corrected chi connectivity index (χ0v) is 16.7. The molecule has 0 unspecified atom stereocenters. The molecular weight excluding hydrogens is 375 g/mol. The van der Waals surface area contributed by atoms with Crippen LogP contribution < -0.4 is 10.9 Å². The molecule has 0 bridgehead atoms. The number of pyridine rings is 1. The van der Waals surface area contributed by atoms with E-state index in [1.165, 1.54) is 17.4 Å². The van der Waals surface area contributed by atoms with Crippen LogP contribution in [0.4, 0.5) is 4.39 Å². The molecule has 2 aromatic carbocycles. The fourth-order valence-electron chi connectivity index (χ4n) is 3.87. The lowest BCUT2D eigenvalue weighted by atomic mass is 9.92. The van der Waals surface area contributed by atoms with Gasteiger partial charge in [0, 0.05) is 22.9 Å². The number of aromatic nitrogens is 1. The minimum absolute atomic E-state index is 0.0299. The van der Waals surface area contributed by atoms with Gasteiger partial charge in [-0.25, -0.2) is 4.39 Å². The Balaban J connectivity index is 2.03. The van der Waals surface area contributed by atoms with Crippen LogP contribution >= 0.6 is 11.3 Å². The van der Waals surface area contributed by atoms with Crippen molar-refractivity contribution < 1.29 is 9.50 Å². The van der Waals surface area contributed by atoms with E-state index in [0.29, 0.717) is 33.5 Å². The first kappa shape index (κ1) is 18.7. The number of phenolic OH excluding ortho intramolecular Hbond substituents is 1. The molecule has 0 spiro atoms. The Morgan fingerprint density at radius 2 is 2.07 bits per heavy atom. The second kappa shape index (κ2) is 7.04. The number of halogens is 1. The van der Waals surface area contributed by atoms with Crippen molar-refractivity contribution in [2.45, 2.75) is 19.8 Å². The Labute approximate surface area is 165 Å². The van der Waals surface area contributed by atoms with Crippen LogP contribution in [-0.4, -0.2) is 23.7 Å². The van der Waals surface area contributed by atoms with Crippen LogP contribution in [0.15, 0.2) is 40.5 Å². The maximum absolute atomic E-state index is 14.9. The van der Waals surface area contributed by atoms with Crippen LogP contribution in [0.5, 0.6) is 5.75 Å². The van der Waals surface area contributed by atoms with Crippen molar-refractivity contribution in [2.24, 2.45) is 0 Å². The van der Waals surface area contributed by atoms with Crippen LogP contribution in [0.25, 0.3) is 32.1 Å². The highest BCUT2D eigenvalue weighted by atomic mass is 32.1. The predicted octanol–water partition coefficient (Wildman–Crippen LogP) is 4.89. The molecule has 28 heavy (non-hydrogen) atoms. The number of nitrogens with one attached hydrogen (secondary N) is 2. The van der Waals surface area contributed by atoms with Crippen molar-refractivity contribution in [3.8, 4) is 16.9 Å². The van der Waals surface area contributed by atoms with Gasteiger partial charge in [-0.05, 0) is 60.2 Å². The van der Waals surface area contributed by atoms with E-state index in [4.69, 9.17) is 0 Å². The van der Waals surface area contributed by atoms with Crippen LogP contribution in [0.3, 0.4) is 0 Å². The van der Waals surface area contributed by atoms with Crippen LogP contribution in [0.1, 0.15) is 24.0 Å². The molecule has 0 amide bonds. The lowest BCUT2D eigenvalue weighted by molar-refractivity contribution is 0.477. The predicted molar refractivity (Wildman–Crippen MR) is 114 cm³/mol. The molecule has 0 aliphatic carbocycles.